The quantitative estimate of drug-likeness (QED) is 0.639. The lowest BCUT2D eigenvalue weighted by Crippen LogP contribution is -2.25. The van der Waals surface area contributed by atoms with Crippen LogP contribution in [-0.4, -0.2) is 40.4 Å². The predicted molar refractivity (Wildman–Crippen MR) is 89.7 cm³/mol. The van der Waals surface area contributed by atoms with E-state index in [-0.39, 0.29) is 18.0 Å². The first-order valence-corrected chi connectivity index (χ1v) is 7.89. The number of aromatic nitrogens is 2. The highest BCUT2D eigenvalue weighted by molar-refractivity contribution is 6.04. The molecule has 2 heterocycles. The fourth-order valence-electron chi connectivity index (χ4n) is 2.47. The normalized spacial score (nSPS) is 11.7. The van der Waals surface area contributed by atoms with Gasteiger partial charge in [-0.15, -0.1) is 0 Å². The second-order valence-corrected chi connectivity index (χ2v) is 5.47. The first kappa shape index (κ1) is 18.4. The smallest absolute Gasteiger partial charge is 0.357 e. The van der Waals surface area contributed by atoms with Crippen LogP contribution in [0, 0.1) is 13.8 Å². The average molecular weight is 344 g/mol. The molecule has 7 nitrogen and oxygen atoms in total. The zero-order chi connectivity index (χ0) is 18.6. The molecule has 2 aromatic heterocycles. The van der Waals surface area contributed by atoms with Crippen molar-refractivity contribution in [3.05, 3.63) is 52.6 Å². The minimum atomic E-state index is -1.03. The Morgan fingerprint density at radius 1 is 1.20 bits per heavy atom. The Labute approximate surface area is 145 Å². The summed E-state index contributed by atoms with van der Waals surface area (Å²) in [4.78, 5) is 43.4. The highest BCUT2D eigenvalue weighted by atomic mass is 16.5. The van der Waals surface area contributed by atoms with Crippen molar-refractivity contribution < 1.29 is 23.9 Å². The molecule has 2 rings (SSSR count). The lowest BCUT2D eigenvalue weighted by molar-refractivity contribution is 0.0311. The number of hydrogen-bond acceptors (Lipinski definition) is 6. The molecule has 1 N–H and O–H groups in total. The van der Waals surface area contributed by atoms with Gasteiger partial charge in [0.2, 0.25) is 5.78 Å². The van der Waals surface area contributed by atoms with Gasteiger partial charge in [0, 0.05) is 11.9 Å². The van der Waals surface area contributed by atoms with Crippen molar-refractivity contribution in [3.63, 3.8) is 0 Å². The van der Waals surface area contributed by atoms with E-state index in [2.05, 4.69) is 9.97 Å². The van der Waals surface area contributed by atoms with E-state index in [0.717, 1.165) is 0 Å². The Morgan fingerprint density at radius 3 is 2.52 bits per heavy atom. The summed E-state index contributed by atoms with van der Waals surface area (Å²) in [6, 6.07) is 4.83. The summed E-state index contributed by atoms with van der Waals surface area (Å²) in [6.07, 6.45) is 0.439. The number of Topliss-reactive ketones (excluding diaryl/α,β-unsaturated/α-hetero) is 1. The van der Waals surface area contributed by atoms with Gasteiger partial charge in [-0.2, -0.15) is 0 Å². The van der Waals surface area contributed by atoms with Gasteiger partial charge in [-0.25, -0.2) is 14.6 Å². The minimum Gasteiger partial charge on any atom is -0.462 e. The number of pyridine rings is 1. The number of H-pyrrole nitrogens is 1. The molecule has 0 aromatic carbocycles. The largest absolute Gasteiger partial charge is 0.462 e. The molecule has 7 heteroatoms. The van der Waals surface area contributed by atoms with Gasteiger partial charge >= 0.3 is 11.9 Å². The number of ketones is 1. The van der Waals surface area contributed by atoms with Crippen molar-refractivity contribution in [1.82, 2.24) is 9.97 Å². The van der Waals surface area contributed by atoms with E-state index < -0.39 is 23.8 Å². The van der Waals surface area contributed by atoms with Gasteiger partial charge in [0.1, 0.15) is 5.69 Å². The molecular weight excluding hydrogens is 324 g/mol. The highest BCUT2D eigenvalue weighted by Crippen LogP contribution is 2.21. The van der Waals surface area contributed by atoms with Gasteiger partial charge in [0.05, 0.1) is 17.9 Å². The van der Waals surface area contributed by atoms with Crippen molar-refractivity contribution in [1.29, 1.82) is 0 Å². The summed E-state index contributed by atoms with van der Waals surface area (Å²) in [7, 11) is 0. The molecule has 0 bridgehead atoms. The number of hydrogen-bond donors (Lipinski definition) is 1. The van der Waals surface area contributed by atoms with Crippen LogP contribution >= 0.6 is 0 Å². The molecule has 132 valence electrons. The Morgan fingerprint density at radius 2 is 1.92 bits per heavy atom. The number of carbonyl (C=O) groups excluding carboxylic acids is 3. The van der Waals surface area contributed by atoms with Gasteiger partial charge < -0.3 is 14.5 Å². The van der Waals surface area contributed by atoms with Gasteiger partial charge in [-0.1, -0.05) is 6.07 Å². The molecule has 0 aliphatic heterocycles. The molecule has 0 saturated heterocycles. The molecule has 25 heavy (non-hydrogen) atoms. The minimum absolute atomic E-state index is 0.119. The number of aromatic amines is 1. The standard InChI is InChI=1S/C18H20N2O5/c1-5-24-18(23)14-10(2)15(20-11(14)3)16(21)12(4)25-17(22)13-8-6-7-9-19-13/h6-9,12,20H,5H2,1-4H3/t12-/m1/s1. The number of rotatable bonds is 6. The van der Waals surface area contributed by atoms with Crippen molar-refractivity contribution in [3.8, 4) is 0 Å². The monoisotopic (exact) mass is 344 g/mol. The van der Waals surface area contributed by atoms with Crippen LogP contribution in [0.25, 0.3) is 0 Å². The van der Waals surface area contributed by atoms with Crippen LogP contribution in [0.1, 0.15) is 56.4 Å². The molecule has 0 spiro atoms. The van der Waals surface area contributed by atoms with E-state index in [1.807, 2.05) is 0 Å². The van der Waals surface area contributed by atoms with E-state index in [4.69, 9.17) is 9.47 Å². The molecule has 0 aliphatic carbocycles. The van der Waals surface area contributed by atoms with E-state index >= 15 is 0 Å². The third-order valence-electron chi connectivity index (χ3n) is 3.69. The molecule has 1 atom stereocenters. The van der Waals surface area contributed by atoms with Crippen molar-refractivity contribution in [2.45, 2.75) is 33.8 Å². The molecule has 0 amide bonds. The molecule has 2 aromatic rings. The van der Waals surface area contributed by atoms with Gasteiger partial charge in [0.15, 0.2) is 6.10 Å². The first-order valence-electron chi connectivity index (χ1n) is 7.89. The summed E-state index contributed by atoms with van der Waals surface area (Å²) in [5, 5.41) is 0. The Hall–Kier alpha value is -2.96. The summed E-state index contributed by atoms with van der Waals surface area (Å²) in [5.74, 6) is -1.61. The molecule has 0 unspecified atom stereocenters. The van der Waals surface area contributed by atoms with Crippen LogP contribution in [0.4, 0.5) is 0 Å². The Balaban J connectivity index is 2.19. The fourth-order valence-corrected chi connectivity index (χ4v) is 2.47. The summed E-state index contributed by atoms with van der Waals surface area (Å²) in [5.41, 5.74) is 1.67. The summed E-state index contributed by atoms with van der Waals surface area (Å²) >= 11 is 0. The van der Waals surface area contributed by atoms with Crippen LogP contribution in [0.2, 0.25) is 0 Å². The van der Waals surface area contributed by atoms with Crippen LogP contribution in [0.15, 0.2) is 24.4 Å². The number of nitrogens with zero attached hydrogens (tertiary/aromatic N) is 1. The van der Waals surface area contributed by atoms with Crippen molar-refractivity contribution in [2.24, 2.45) is 0 Å². The predicted octanol–water partition coefficient (Wildman–Crippen LogP) is 2.63. The molecule has 0 saturated carbocycles. The van der Waals surface area contributed by atoms with E-state index in [1.54, 1.807) is 32.9 Å². The lowest BCUT2D eigenvalue weighted by atomic mass is 10.1. The third-order valence-corrected chi connectivity index (χ3v) is 3.69. The van der Waals surface area contributed by atoms with Gasteiger partial charge in [0.25, 0.3) is 0 Å². The van der Waals surface area contributed by atoms with Gasteiger partial charge in [-0.05, 0) is 45.4 Å². The van der Waals surface area contributed by atoms with Crippen LogP contribution in [-0.2, 0) is 9.47 Å². The first-order chi connectivity index (χ1) is 11.9. The summed E-state index contributed by atoms with van der Waals surface area (Å²) in [6.45, 7) is 6.75. The van der Waals surface area contributed by atoms with E-state index in [1.165, 1.54) is 19.2 Å². The SMILES string of the molecule is CCOC(=O)c1c(C)[nH]c(C(=O)[C@@H](C)OC(=O)c2ccccn2)c1C. The Kier molecular flexibility index (Phi) is 5.69. The second-order valence-electron chi connectivity index (χ2n) is 5.47. The maximum atomic E-state index is 12.6. The van der Waals surface area contributed by atoms with E-state index in [0.29, 0.717) is 16.8 Å². The molecule has 0 fully saturated rings. The van der Waals surface area contributed by atoms with Crippen molar-refractivity contribution >= 4 is 17.7 Å². The highest BCUT2D eigenvalue weighted by Gasteiger charge is 2.27. The molecule has 0 aliphatic rings. The maximum Gasteiger partial charge on any atom is 0.357 e. The lowest BCUT2D eigenvalue weighted by Gasteiger charge is -2.11. The average Bonchev–Trinajstić information content (AvgIpc) is 2.89. The number of aryl methyl sites for hydroxylation is 1. The number of carbonyl (C=O) groups is 3. The molecular formula is C18H20N2O5. The maximum absolute atomic E-state index is 12.6. The van der Waals surface area contributed by atoms with Crippen LogP contribution < -0.4 is 0 Å². The fraction of sp³-hybridized carbons (Fsp3) is 0.333. The second kappa shape index (κ2) is 7.74. The van der Waals surface area contributed by atoms with Crippen molar-refractivity contribution in [2.75, 3.05) is 6.61 Å². The van der Waals surface area contributed by atoms with E-state index in [9.17, 15) is 14.4 Å². The zero-order valence-electron chi connectivity index (χ0n) is 14.6. The van der Waals surface area contributed by atoms with Gasteiger partial charge in [-0.3, -0.25) is 4.79 Å². The van der Waals surface area contributed by atoms with Crippen LogP contribution in [0.5, 0.6) is 0 Å². The number of nitrogens with one attached hydrogen (secondary N) is 1. The molecule has 0 radical (unpaired) electrons. The summed E-state index contributed by atoms with van der Waals surface area (Å²) < 4.78 is 10.2. The number of ether oxygens (including phenoxy) is 2. The third kappa shape index (κ3) is 3.93. The zero-order valence-corrected chi connectivity index (χ0v) is 14.6. The van der Waals surface area contributed by atoms with Crippen LogP contribution in [0.3, 0.4) is 0 Å². The Bertz CT molecular complexity index is 795. The topological polar surface area (TPSA) is 98.4 Å². The number of esters is 2.